The summed E-state index contributed by atoms with van der Waals surface area (Å²) in [6.45, 7) is 2.90. The summed E-state index contributed by atoms with van der Waals surface area (Å²) in [4.78, 5) is 28.2. The molecule has 0 saturated carbocycles. The van der Waals surface area contributed by atoms with Crippen molar-refractivity contribution >= 4 is 17.4 Å². The molecule has 7 heteroatoms. The third-order valence-electron chi connectivity index (χ3n) is 6.37. The van der Waals surface area contributed by atoms with E-state index in [1.165, 1.54) is 4.90 Å². The van der Waals surface area contributed by atoms with Gasteiger partial charge in [-0.15, -0.1) is 0 Å². The Balaban J connectivity index is 1.65. The predicted molar refractivity (Wildman–Crippen MR) is 129 cm³/mol. The molecule has 0 aliphatic carbocycles. The van der Waals surface area contributed by atoms with E-state index in [4.69, 9.17) is 14.2 Å². The van der Waals surface area contributed by atoms with Crippen LogP contribution in [0.5, 0.6) is 17.2 Å². The first-order valence-electron chi connectivity index (χ1n) is 11.4. The number of aryl methyl sites for hydroxylation is 1. The highest BCUT2D eigenvalue weighted by Crippen LogP contribution is 2.43. The monoisotopic (exact) mass is 471 g/mol. The molecule has 178 valence electrons. The molecule has 7 nitrogen and oxygen atoms in total. The molecule has 1 fully saturated rings. The standard InChI is InChI=1S/C28H25NO6/c1-17-7-3-5-9-20(17)25-24(26(30)18-11-12-22-23(15-18)35-14-13-34-22)27(31)28(32)29(25)16-19-8-4-6-10-21(19)33-2/h3-12,15,25,30H,13-14,16H2,1-2H3/b26-24+. The number of hydrogen-bond donors (Lipinski definition) is 1. The normalized spacial score (nSPS) is 18.6. The van der Waals surface area contributed by atoms with Gasteiger partial charge in [-0.05, 0) is 42.3 Å². The molecule has 3 aromatic carbocycles. The number of carbonyl (C=O) groups is 2. The van der Waals surface area contributed by atoms with Crippen molar-refractivity contribution in [2.75, 3.05) is 20.3 Å². The van der Waals surface area contributed by atoms with E-state index in [1.807, 2.05) is 55.5 Å². The first kappa shape index (κ1) is 22.5. The number of para-hydroxylation sites is 1. The number of fused-ring (bicyclic) bond motifs is 1. The highest BCUT2D eigenvalue weighted by atomic mass is 16.6. The summed E-state index contributed by atoms with van der Waals surface area (Å²) < 4.78 is 16.7. The highest BCUT2D eigenvalue weighted by molar-refractivity contribution is 6.46. The number of nitrogens with zero attached hydrogens (tertiary/aromatic N) is 1. The number of hydrogen-bond acceptors (Lipinski definition) is 6. The van der Waals surface area contributed by atoms with Gasteiger partial charge in [0.2, 0.25) is 0 Å². The third kappa shape index (κ3) is 3.99. The lowest BCUT2D eigenvalue weighted by Crippen LogP contribution is -2.29. The van der Waals surface area contributed by atoms with E-state index < -0.39 is 17.7 Å². The zero-order valence-electron chi connectivity index (χ0n) is 19.5. The molecule has 0 radical (unpaired) electrons. The number of aliphatic hydroxyl groups excluding tert-OH is 1. The van der Waals surface area contributed by atoms with Gasteiger partial charge >= 0.3 is 0 Å². The third-order valence-corrected chi connectivity index (χ3v) is 6.37. The van der Waals surface area contributed by atoms with Gasteiger partial charge in [-0.3, -0.25) is 9.59 Å². The minimum atomic E-state index is -0.769. The number of likely N-dealkylation sites (tertiary alicyclic amines) is 1. The molecule has 1 atom stereocenters. The number of ketones is 1. The van der Waals surface area contributed by atoms with Gasteiger partial charge in [0.1, 0.15) is 24.7 Å². The number of amides is 1. The topological polar surface area (TPSA) is 85.3 Å². The molecule has 2 heterocycles. The summed E-state index contributed by atoms with van der Waals surface area (Å²) in [5.41, 5.74) is 2.84. The molecule has 0 spiro atoms. The Morgan fingerprint density at radius 1 is 1.00 bits per heavy atom. The van der Waals surface area contributed by atoms with Crippen molar-refractivity contribution < 1.29 is 28.9 Å². The number of aliphatic hydroxyl groups is 1. The number of carbonyl (C=O) groups excluding carboxylic acids is 2. The molecule has 1 unspecified atom stereocenters. The quantitative estimate of drug-likeness (QED) is 0.337. The molecule has 35 heavy (non-hydrogen) atoms. The lowest BCUT2D eigenvalue weighted by Gasteiger charge is -2.27. The molecule has 5 rings (SSSR count). The number of benzene rings is 3. The second-order valence-electron chi connectivity index (χ2n) is 8.45. The lowest BCUT2D eigenvalue weighted by atomic mass is 9.92. The summed E-state index contributed by atoms with van der Waals surface area (Å²) in [5.74, 6) is 0.000496. The van der Waals surface area contributed by atoms with Crippen LogP contribution in [0.1, 0.15) is 28.3 Å². The number of rotatable bonds is 5. The van der Waals surface area contributed by atoms with E-state index in [1.54, 1.807) is 25.3 Å². The van der Waals surface area contributed by atoms with Crippen molar-refractivity contribution in [2.24, 2.45) is 0 Å². The zero-order valence-corrected chi connectivity index (χ0v) is 19.5. The first-order chi connectivity index (χ1) is 17.0. The lowest BCUT2D eigenvalue weighted by molar-refractivity contribution is -0.140. The van der Waals surface area contributed by atoms with Crippen LogP contribution in [0.3, 0.4) is 0 Å². The van der Waals surface area contributed by atoms with Crippen LogP contribution in [0, 0.1) is 6.92 Å². The van der Waals surface area contributed by atoms with Crippen LogP contribution in [0.4, 0.5) is 0 Å². The van der Waals surface area contributed by atoms with Crippen molar-refractivity contribution in [1.29, 1.82) is 0 Å². The van der Waals surface area contributed by atoms with Crippen LogP contribution in [0.15, 0.2) is 72.3 Å². The fourth-order valence-corrected chi connectivity index (χ4v) is 4.62. The Morgan fingerprint density at radius 3 is 2.49 bits per heavy atom. The average Bonchev–Trinajstić information content (AvgIpc) is 3.13. The number of methoxy groups -OCH3 is 1. The van der Waals surface area contributed by atoms with Crippen LogP contribution < -0.4 is 14.2 Å². The van der Waals surface area contributed by atoms with Gasteiger partial charge in [-0.2, -0.15) is 0 Å². The molecule has 1 N–H and O–H groups in total. The molecular weight excluding hydrogens is 446 g/mol. The Hall–Kier alpha value is -4.26. The van der Waals surface area contributed by atoms with E-state index in [2.05, 4.69) is 0 Å². The van der Waals surface area contributed by atoms with Crippen LogP contribution in [-0.2, 0) is 16.1 Å². The second kappa shape index (κ2) is 9.18. The number of Topliss-reactive ketones (excluding diaryl/α,β-unsaturated/α-hetero) is 1. The summed E-state index contributed by atoms with van der Waals surface area (Å²) in [6.07, 6.45) is 0. The van der Waals surface area contributed by atoms with Crippen molar-refractivity contribution in [3.05, 3.63) is 94.6 Å². The summed E-state index contributed by atoms with van der Waals surface area (Å²) in [7, 11) is 1.56. The minimum Gasteiger partial charge on any atom is -0.507 e. The second-order valence-corrected chi connectivity index (χ2v) is 8.45. The molecule has 2 aliphatic rings. The van der Waals surface area contributed by atoms with Crippen LogP contribution in [0.25, 0.3) is 5.76 Å². The van der Waals surface area contributed by atoms with Gasteiger partial charge in [0.15, 0.2) is 11.5 Å². The minimum absolute atomic E-state index is 0.0378. The van der Waals surface area contributed by atoms with E-state index in [-0.39, 0.29) is 17.9 Å². The summed E-state index contributed by atoms with van der Waals surface area (Å²) >= 11 is 0. The van der Waals surface area contributed by atoms with Crippen molar-refractivity contribution in [1.82, 2.24) is 4.90 Å². The van der Waals surface area contributed by atoms with Crippen LogP contribution >= 0.6 is 0 Å². The van der Waals surface area contributed by atoms with Crippen molar-refractivity contribution in [3.8, 4) is 17.2 Å². The Labute approximate surface area is 203 Å². The molecule has 1 amide bonds. The Morgan fingerprint density at radius 2 is 1.71 bits per heavy atom. The molecular formula is C28H25NO6. The first-order valence-corrected chi connectivity index (χ1v) is 11.4. The van der Waals surface area contributed by atoms with Crippen LogP contribution in [0.2, 0.25) is 0 Å². The van der Waals surface area contributed by atoms with Crippen molar-refractivity contribution in [2.45, 2.75) is 19.5 Å². The largest absolute Gasteiger partial charge is 0.507 e. The predicted octanol–water partition coefficient (Wildman–Crippen LogP) is 4.40. The maximum absolute atomic E-state index is 13.4. The van der Waals surface area contributed by atoms with Crippen molar-refractivity contribution in [3.63, 3.8) is 0 Å². The smallest absolute Gasteiger partial charge is 0.295 e. The highest BCUT2D eigenvalue weighted by Gasteiger charge is 2.46. The van der Waals surface area contributed by atoms with Gasteiger partial charge in [-0.1, -0.05) is 42.5 Å². The fourth-order valence-electron chi connectivity index (χ4n) is 4.62. The Kier molecular flexibility index (Phi) is 5.91. The fraction of sp³-hybridized carbons (Fsp3) is 0.214. The zero-order chi connectivity index (χ0) is 24.5. The molecule has 0 bridgehead atoms. The molecule has 0 aromatic heterocycles. The maximum atomic E-state index is 13.4. The molecule has 2 aliphatic heterocycles. The summed E-state index contributed by atoms with van der Waals surface area (Å²) in [5, 5.41) is 11.4. The van der Waals surface area contributed by atoms with E-state index in [0.29, 0.717) is 36.0 Å². The Bertz CT molecular complexity index is 1340. The maximum Gasteiger partial charge on any atom is 0.295 e. The van der Waals surface area contributed by atoms with Gasteiger partial charge < -0.3 is 24.2 Å². The van der Waals surface area contributed by atoms with Gasteiger partial charge in [-0.25, -0.2) is 0 Å². The van der Waals surface area contributed by atoms with Crippen LogP contribution in [-0.4, -0.2) is 42.0 Å². The SMILES string of the molecule is COc1ccccc1CN1C(=O)C(=O)/C(=C(/O)c2ccc3c(c2)OCCO3)C1c1ccccc1C. The summed E-state index contributed by atoms with van der Waals surface area (Å²) in [6, 6.07) is 19.1. The average molecular weight is 472 g/mol. The number of ether oxygens (including phenoxy) is 3. The molecule has 3 aromatic rings. The molecule has 1 saturated heterocycles. The van der Waals surface area contributed by atoms with Gasteiger partial charge in [0.05, 0.1) is 25.3 Å². The van der Waals surface area contributed by atoms with Gasteiger partial charge in [0.25, 0.3) is 11.7 Å². The van der Waals surface area contributed by atoms with E-state index in [0.717, 1.165) is 16.7 Å². The van der Waals surface area contributed by atoms with E-state index >= 15 is 0 Å². The van der Waals surface area contributed by atoms with E-state index in [9.17, 15) is 14.7 Å². The van der Waals surface area contributed by atoms with Gasteiger partial charge in [0, 0.05) is 11.1 Å².